The van der Waals surface area contributed by atoms with Gasteiger partial charge in [-0.1, -0.05) is 12.1 Å². The van der Waals surface area contributed by atoms with Gasteiger partial charge in [0.15, 0.2) is 0 Å². The Morgan fingerprint density at radius 2 is 2.21 bits per heavy atom. The lowest BCUT2D eigenvalue weighted by atomic mass is 10.1. The van der Waals surface area contributed by atoms with E-state index in [0.29, 0.717) is 12.5 Å². The summed E-state index contributed by atoms with van der Waals surface area (Å²) in [7, 11) is 0. The molecule has 0 radical (unpaired) electrons. The van der Waals surface area contributed by atoms with Gasteiger partial charge in [-0.3, -0.25) is 0 Å². The molecule has 4 heteroatoms. The molecule has 96 valence electrons. The SMILES string of the molecule is N#CCc1ccc(-n2cncc2C2CCCN2)cc1. The van der Waals surface area contributed by atoms with Crippen molar-refractivity contribution in [1.29, 1.82) is 5.26 Å². The van der Waals surface area contributed by atoms with Crippen LogP contribution in [-0.4, -0.2) is 16.1 Å². The van der Waals surface area contributed by atoms with E-state index in [2.05, 4.69) is 20.9 Å². The third kappa shape index (κ3) is 2.38. The molecule has 2 heterocycles. The fraction of sp³-hybridized carbons (Fsp3) is 0.333. The molecule has 1 atom stereocenters. The minimum Gasteiger partial charge on any atom is -0.309 e. The van der Waals surface area contributed by atoms with Gasteiger partial charge in [-0.05, 0) is 37.1 Å². The number of benzene rings is 1. The van der Waals surface area contributed by atoms with Crippen LogP contribution < -0.4 is 5.32 Å². The summed E-state index contributed by atoms with van der Waals surface area (Å²) in [6, 6.07) is 10.7. The number of rotatable bonds is 3. The Bertz CT molecular complexity index is 585. The standard InChI is InChI=1S/C15H16N4/c16-8-7-12-3-5-13(6-4-12)19-11-17-10-15(19)14-2-1-9-18-14/h3-6,10-11,14,18H,1-2,7,9H2. The molecular formula is C15H16N4. The van der Waals surface area contributed by atoms with Crippen LogP contribution in [0.25, 0.3) is 5.69 Å². The monoisotopic (exact) mass is 252 g/mol. The molecule has 19 heavy (non-hydrogen) atoms. The Hall–Kier alpha value is -2.12. The molecule has 0 spiro atoms. The van der Waals surface area contributed by atoms with Gasteiger partial charge in [0.1, 0.15) is 0 Å². The van der Waals surface area contributed by atoms with Crippen molar-refractivity contribution in [2.24, 2.45) is 0 Å². The van der Waals surface area contributed by atoms with E-state index < -0.39 is 0 Å². The highest BCUT2D eigenvalue weighted by Gasteiger charge is 2.20. The normalized spacial score (nSPS) is 18.4. The first-order chi connectivity index (χ1) is 9.38. The Kier molecular flexibility index (Phi) is 3.30. The lowest BCUT2D eigenvalue weighted by Gasteiger charge is -2.14. The molecular weight excluding hydrogens is 236 g/mol. The molecule has 4 nitrogen and oxygen atoms in total. The van der Waals surface area contributed by atoms with Gasteiger partial charge < -0.3 is 9.88 Å². The summed E-state index contributed by atoms with van der Waals surface area (Å²) in [5.74, 6) is 0. The minimum atomic E-state index is 0.404. The third-order valence-electron chi connectivity index (χ3n) is 3.58. The smallest absolute Gasteiger partial charge is 0.0994 e. The van der Waals surface area contributed by atoms with Gasteiger partial charge in [-0.2, -0.15) is 5.26 Å². The topological polar surface area (TPSA) is 53.6 Å². The molecule has 3 rings (SSSR count). The lowest BCUT2D eigenvalue weighted by molar-refractivity contribution is 0.615. The highest BCUT2D eigenvalue weighted by molar-refractivity contribution is 5.37. The average Bonchev–Trinajstić information content (AvgIpc) is 3.11. The first-order valence-electron chi connectivity index (χ1n) is 6.60. The molecule has 1 unspecified atom stereocenters. The van der Waals surface area contributed by atoms with Crippen LogP contribution in [0.4, 0.5) is 0 Å². The molecule has 1 saturated heterocycles. The van der Waals surface area contributed by atoms with E-state index in [1.54, 1.807) is 0 Å². The van der Waals surface area contributed by atoms with Crippen LogP contribution in [0, 0.1) is 11.3 Å². The highest BCUT2D eigenvalue weighted by Crippen LogP contribution is 2.25. The van der Waals surface area contributed by atoms with Gasteiger partial charge in [-0.15, -0.1) is 0 Å². The summed E-state index contributed by atoms with van der Waals surface area (Å²) in [6.45, 7) is 1.08. The summed E-state index contributed by atoms with van der Waals surface area (Å²) >= 11 is 0. The number of nitrogens with zero attached hydrogens (tertiary/aromatic N) is 3. The van der Waals surface area contributed by atoms with Gasteiger partial charge >= 0.3 is 0 Å². The predicted molar refractivity (Wildman–Crippen MR) is 72.9 cm³/mol. The van der Waals surface area contributed by atoms with Crippen LogP contribution in [0.1, 0.15) is 30.1 Å². The number of nitrogens with one attached hydrogen (secondary N) is 1. The average molecular weight is 252 g/mol. The Morgan fingerprint density at radius 1 is 1.37 bits per heavy atom. The van der Waals surface area contributed by atoms with Gasteiger partial charge in [-0.25, -0.2) is 4.98 Å². The molecule has 1 aliphatic rings. The van der Waals surface area contributed by atoms with E-state index in [1.165, 1.54) is 12.1 Å². The molecule has 0 amide bonds. The van der Waals surface area contributed by atoms with Gasteiger partial charge in [0.25, 0.3) is 0 Å². The van der Waals surface area contributed by atoms with E-state index in [-0.39, 0.29) is 0 Å². The first-order valence-corrected chi connectivity index (χ1v) is 6.60. The van der Waals surface area contributed by atoms with Crippen molar-refractivity contribution in [3.63, 3.8) is 0 Å². The number of imidazole rings is 1. The molecule has 2 aromatic rings. The van der Waals surface area contributed by atoms with Crippen molar-refractivity contribution in [3.8, 4) is 11.8 Å². The maximum Gasteiger partial charge on any atom is 0.0994 e. The van der Waals surface area contributed by atoms with Crippen LogP contribution in [0.2, 0.25) is 0 Å². The fourth-order valence-electron chi connectivity index (χ4n) is 2.58. The number of aromatic nitrogens is 2. The second-order valence-electron chi connectivity index (χ2n) is 4.84. The number of hydrogen-bond acceptors (Lipinski definition) is 3. The summed E-state index contributed by atoms with van der Waals surface area (Å²) in [6.07, 6.45) is 6.64. The Morgan fingerprint density at radius 3 is 2.89 bits per heavy atom. The summed E-state index contributed by atoms with van der Waals surface area (Å²) in [4.78, 5) is 4.27. The van der Waals surface area contributed by atoms with E-state index >= 15 is 0 Å². The van der Waals surface area contributed by atoms with Crippen LogP contribution >= 0.6 is 0 Å². The summed E-state index contributed by atoms with van der Waals surface area (Å²) in [5.41, 5.74) is 3.36. The zero-order valence-corrected chi connectivity index (χ0v) is 10.7. The van der Waals surface area contributed by atoms with Gasteiger partial charge in [0.2, 0.25) is 0 Å². The van der Waals surface area contributed by atoms with E-state index in [9.17, 15) is 0 Å². The lowest BCUT2D eigenvalue weighted by Crippen LogP contribution is -2.16. The van der Waals surface area contributed by atoms with Crippen molar-refractivity contribution in [3.05, 3.63) is 48.0 Å². The van der Waals surface area contributed by atoms with Crippen molar-refractivity contribution in [1.82, 2.24) is 14.9 Å². The van der Waals surface area contributed by atoms with Crippen molar-refractivity contribution < 1.29 is 0 Å². The zero-order chi connectivity index (χ0) is 13.1. The highest BCUT2D eigenvalue weighted by atomic mass is 15.1. The van der Waals surface area contributed by atoms with Crippen LogP contribution in [0.15, 0.2) is 36.8 Å². The third-order valence-corrected chi connectivity index (χ3v) is 3.58. The van der Waals surface area contributed by atoms with Crippen molar-refractivity contribution in [2.75, 3.05) is 6.54 Å². The maximum absolute atomic E-state index is 8.69. The van der Waals surface area contributed by atoms with Crippen molar-refractivity contribution >= 4 is 0 Å². The largest absolute Gasteiger partial charge is 0.309 e. The van der Waals surface area contributed by atoms with Crippen LogP contribution in [0.3, 0.4) is 0 Å². The molecule has 1 aromatic heterocycles. The maximum atomic E-state index is 8.69. The predicted octanol–water partition coefficient (Wildman–Crippen LogP) is 2.36. The molecule has 0 aliphatic carbocycles. The van der Waals surface area contributed by atoms with E-state index in [0.717, 1.165) is 24.2 Å². The molecule has 1 fully saturated rings. The molecule has 0 saturated carbocycles. The molecule has 1 aromatic carbocycles. The molecule has 0 bridgehead atoms. The Balaban J connectivity index is 1.89. The summed E-state index contributed by atoms with van der Waals surface area (Å²) in [5, 5.41) is 12.2. The van der Waals surface area contributed by atoms with E-state index in [4.69, 9.17) is 5.26 Å². The number of hydrogen-bond donors (Lipinski definition) is 1. The second kappa shape index (κ2) is 5.25. The molecule has 1 aliphatic heterocycles. The minimum absolute atomic E-state index is 0.404. The van der Waals surface area contributed by atoms with Crippen molar-refractivity contribution in [2.45, 2.75) is 25.3 Å². The quantitative estimate of drug-likeness (QED) is 0.912. The van der Waals surface area contributed by atoms with E-state index in [1.807, 2.05) is 36.8 Å². The first kappa shape index (κ1) is 11.9. The zero-order valence-electron chi connectivity index (χ0n) is 10.7. The Labute approximate surface area is 112 Å². The van der Waals surface area contributed by atoms with Gasteiger partial charge in [0, 0.05) is 11.7 Å². The molecule has 1 N–H and O–H groups in total. The second-order valence-corrected chi connectivity index (χ2v) is 4.84. The summed E-state index contributed by atoms with van der Waals surface area (Å²) < 4.78 is 2.12. The number of nitriles is 1. The van der Waals surface area contributed by atoms with Crippen LogP contribution in [0.5, 0.6) is 0 Å². The van der Waals surface area contributed by atoms with Gasteiger partial charge in [0.05, 0.1) is 30.7 Å². The fourth-order valence-corrected chi connectivity index (χ4v) is 2.58. The van der Waals surface area contributed by atoms with Crippen LogP contribution in [-0.2, 0) is 6.42 Å².